The Morgan fingerprint density at radius 1 is 1.19 bits per heavy atom. The maximum absolute atomic E-state index is 12.5. The highest BCUT2D eigenvalue weighted by molar-refractivity contribution is 7.10. The maximum Gasteiger partial charge on any atom is 0.320 e. The molecule has 2 aromatic rings. The van der Waals surface area contributed by atoms with Gasteiger partial charge in [0, 0.05) is 4.88 Å². The summed E-state index contributed by atoms with van der Waals surface area (Å²) in [7, 11) is 0. The van der Waals surface area contributed by atoms with Gasteiger partial charge < -0.3 is 10.4 Å². The van der Waals surface area contributed by atoms with Crippen molar-refractivity contribution in [3.8, 4) is 0 Å². The first kappa shape index (κ1) is 20.1. The molecule has 0 bridgehead atoms. The minimum atomic E-state index is -0.930. The molecule has 1 aromatic heterocycles. The van der Waals surface area contributed by atoms with E-state index in [9.17, 15) is 14.7 Å². The van der Waals surface area contributed by atoms with E-state index in [2.05, 4.69) is 10.6 Å². The summed E-state index contributed by atoms with van der Waals surface area (Å²) in [6.45, 7) is 5.79. The molecule has 0 aliphatic carbocycles. The lowest BCUT2D eigenvalue weighted by molar-refractivity contribution is -0.141. The van der Waals surface area contributed by atoms with Crippen molar-refractivity contribution in [3.05, 3.63) is 57.8 Å². The summed E-state index contributed by atoms with van der Waals surface area (Å²) in [6.07, 6.45) is 0.729. The van der Waals surface area contributed by atoms with Crippen LogP contribution in [0.15, 0.2) is 41.8 Å². The highest BCUT2D eigenvalue weighted by atomic mass is 32.1. The van der Waals surface area contributed by atoms with Gasteiger partial charge in [-0.3, -0.25) is 14.9 Å². The van der Waals surface area contributed by atoms with Gasteiger partial charge in [0.05, 0.1) is 12.6 Å². The van der Waals surface area contributed by atoms with E-state index in [1.165, 1.54) is 0 Å². The van der Waals surface area contributed by atoms with Crippen molar-refractivity contribution in [2.45, 2.75) is 39.3 Å². The molecule has 2 rings (SSSR count). The number of benzene rings is 1. The lowest BCUT2D eigenvalue weighted by atomic mass is 9.99. The molecule has 1 amide bonds. The zero-order chi connectivity index (χ0) is 19.1. The zero-order valence-electron chi connectivity index (χ0n) is 15.4. The van der Waals surface area contributed by atoms with Crippen LogP contribution in [0, 0.1) is 12.8 Å². The molecule has 3 N–H and O–H groups in total. The van der Waals surface area contributed by atoms with Gasteiger partial charge in [-0.05, 0) is 29.9 Å². The Labute approximate surface area is 158 Å². The molecule has 0 aliphatic heterocycles. The number of hydrogen-bond donors (Lipinski definition) is 3. The average Bonchev–Trinajstić information content (AvgIpc) is 3.14. The normalized spacial score (nSPS) is 14.4. The van der Waals surface area contributed by atoms with Crippen molar-refractivity contribution >= 4 is 23.2 Å². The lowest BCUT2D eigenvalue weighted by Crippen LogP contribution is -2.46. The summed E-state index contributed by atoms with van der Waals surface area (Å²) >= 11 is 1.58. The number of amides is 1. The van der Waals surface area contributed by atoms with Crippen LogP contribution in [0.25, 0.3) is 0 Å². The van der Waals surface area contributed by atoms with Gasteiger partial charge in [-0.15, -0.1) is 11.3 Å². The third kappa shape index (κ3) is 5.41. The monoisotopic (exact) mass is 374 g/mol. The van der Waals surface area contributed by atoms with E-state index in [1.54, 1.807) is 11.3 Å². The molecule has 26 heavy (non-hydrogen) atoms. The second-order valence-electron chi connectivity index (χ2n) is 6.51. The van der Waals surface area contributed by atoms with Gasteiger partial charge in [0.2, 0.25) is 5.91 Å². The highest BCUT2D eigenvalue weighted by Gasteiger charge is 2.24. The van der Waals surface area contributed by atoms with Crippen molar-refractivity contribution < 1.29 is 14.7 Å². The molecule has 1 unspecified atom stereocenters. The second-order valence-corrected chi connectivity index (χ2v) is 7.49. The van der Waals surface area contributed by atoms with E-state index in [4.69, 9.17) is 0 Å². The summed E-state index contributed by atoms with van der Waals surface area (Å²) in [4.78, 5) is 24.9. The van der Waals surface area contributed by atoms with Gasteiger partial charge >= 0.3 is 5.97 Å². The molecule has 3 atom stereocenters. The highest BCUT2D eigenvalue weighted by Crippen LogP contribution is 2.26. The van der Waals surface area contributed by atoms with E-state index in [1.807, 2.05) is 62.5 Å². The van der Waals surface area contributed by atoms with E-state index < -0.39 is 12.0 Å². The lowest BCUT2D eigenvalue weighted by Gasteiger charge is -2.22. The number of carboxylic acids is 1. The van der Waals surface area contributed by atoms with Crippen molar-refractivity contribution in [3.63, 3.8) is 0 Å². The van der Waals surface area contributed by atoms with Gasteiger partial charge in [-0.25, -0.2) is 0 Å². The molecule has 1 aromatic carbocycles. The zero-order valence-corrected chi connectivity index (χ0v) is 16.2. The van der Waals surface area contributed by atoms with Crippen LogP contribution >= 0.6 is 11.3 Å². The van der Waals surface area contributed by atoms with Gasteiger partial charge in [-0.1, -0.05) is 56.2 Å². The van der Waals surface area contributed by atoms with Crippen LogP contribution in [-0.4, -0.2) is 29.6 Å². The average molecular weight is 375 g/mol. The Morgan fingerprint density at radius 3 is 2.42 bits per heavy atom. The SMILES string of the molecule is CC[C@H](C)[C@H](NCC(=O)NC(c1ccc(C)cc1)c1cccs1)C(=O)O. The van der Waals surface area contributed by atoms with Crippen LogP contribution < -0.4 is 10.6 Å². The molecule has 6 heteroatoms. The molecule has 0 aliphatic rings. The minimum Gasteiger partial charge on any atom is -0.480 e. The van der Waals surface area contributed by atoms with Crippen LogP contribution in [-0.2, 0) is 9.59 Å². The Hall–Kier alpha value is -2.18. The first-order valence-corrected chi connectivity index (χ1v) is 9.65. The predicted octanol–water partition coefficient (Wildman–Crippen LogP) is 3.35. The van der Waals surface area contributed by atoms with E-state index in [0.29, 0.717) is 0 Å². The fourth-order valence-corrected chi connectivity index (χ4v) is 3.52. The smallest absolute Gasteiger partial charge is 0.320 e. The van der Waals surface area contributed by atoms with E-state index in [-0.39, 0.29) is 24.4 Å². The first-order valence-electron chi connectivity index (χ1n) is 8.77. The third-order valence-electron chi connectivity index (χ3n) is 4.51. The van der Waals surface area contributed by atoms with Gasteiger partial charge in [0.1, 0.15) is 6.04 Å². The molecule has 5 nitrogen and oxygen atoms in total. The first-order chi connectivity index (χ1) is 12.4. The summed E-state index contributed by atoms with van der Waals surface area (Å²) in [5, 5.41) is 17.2. The number of carboxylic acid groups (broad SMARTS) is 1. The quantitative estimate of drug-likeness (QED) is 0.629. The Bertz CT molecular complexity index is 713. The Balaban J connectivity index is 2.07. The summed E-state index contributed by atoms with van der Waals surface area (Å²) in [5.74, 6) is -1.20. The predicted molar refractivity (Wildman–Crippen MR) is 104 cm³/mol. The van der Waals surface area contributed by atoms with Gasteiger partial charge in [0.25, 0.3) is 0 Å². The van der Waals surface area contributed by atoms with Crippen LogP contribution in [0.1, 0.15) is 42.3 Å². The van der Waals surface area contributed by atoms with Crippen molar-refractivity contribution in [1.82, 2.24) is 10.6 Å². The third-order valence-corrected chi connectivity index (χ3v) is 5.44. The van der Waals surface area contributed by atoms with Gasteiger partial charge in [0.15, 0.2) is 0 Å². The maximum atomic E-state index is 12.5. The van der Waals surface area contributed by atoms with Crippen LogP contribution in [0.5, 0.6) is 0 Å². The number of thiophene rings is 1. The number of aliphatic carboxylic acids is 1. The Kier molecular flexibility index (Phi) is 7.36. The van der Waals surface area contributed by atoms with Crippen molar-refractivity contribution in [1.29, 1.82) is 0 Å². The standard InChI is InChI=1S/C20H26N2O3S/c1-4-14(3)18(20(24)25)21-12-17(23)22-19(16-6-5-11-26-16)15-9-7-13(2)8-10-15/h5-11,14,18-19,21H,4,12H2,1-3H3,(H,22,23)(H,24,25)/t14-,18-,19?/m0/s1. The van der Waals surface area contributed by atoms with Crippen molar-refractivity contribution in [2.75, 3.05) is 6.54 Å². The van der Waals surface area contributed by atoms with Crippen LogP contribution in [0.3, 0.4) is 0 Å². The molecule has 0 saturated carbocycles. The summed E-state index contributed by atoms with van der Waals surface area (Å²) < 4.78 is 0. The fraction of sp³-hybridized carbons (Fsp3) is 0.400. The Morgan fingerprint density at radius 2 is 1.88 bits per heavy atom. The van der Waals surface area contributed by atoms with Crippen LogP contribution in [0.2, 0.25) is 0 Å². The number of hydrogen-bond acceptors (Lipinski definition) is 4. The second kappa shape index (κ2) is 9.50. The molecule has 0 fully saturated rings. The van der Waals surface area contributed by atoms with Gasteiger partial charge in [-0.2, -0.15) is 0 Å². The molecule has 1 heterocycles. The van der Waals surface area contributed by atoms with Crippen LogP contribution in [0.4, 0.5) is 0 Å². The molecule has 0 saturated heterocycles. The topological polar surface area (TPSA) is 78.4 Å². The number of nitrogens with one attached hydrogen (secondary N) is 2. The largest absolute Gasteiger partial charge is 0.480 e. The number of aryl methyl sites for hydroxylation is 1. The number of carbonyl (C=O) groups is 2. The minimum absolute atomic E-state index is 0.0327. The van der Waals surface area contributed by atoms with Crippen molar-refractivity contribution in [2.24, 2.45) is 5.92 Å². The molecule has 0 spiro atoms. The molecular weight excluding hydrogens is 348 g/mol. The molecule has 140 valence electrons. The molecular formula is C20H26N2O3S. The summed E-state index contributed by atoms with van der Waals surface area (Å²) in [6, 6.07) is 11.0. The van der Waals surface area contributed by atoms with E-state index in [0.717, 1.165) is 22.4 Å². The van der Waals surface area contributed by atoms with E-state index >= 15 is 0 Å². The fourth-order valence-electron chi connectivity index (χ4n) is 2.72. The molecule has 0 radical (unpaired) electrons. The number of rotatable bonds is 9. The summed E-state index contributed by atoms with van der Waals surface area (Å²) in [5.41, 5.74) is 2.16. The number of carbonyl (C=O) groups excluding carboxylic acids is 1.